The van der Waals surface area contributed by atoms with Crippen molar-refractivity contribution in [1.29, 1.82) is 0 Å². The van der Waals surface area contributed by atoms with Crippen LogP contribution in [-0.4, -0.2) is 35.8 Å². The van der Waals surface area contributed by atoms with Crippen LogP contribution in [0.4, 0.5) is 4.79 Å². The minimum atomic E-state index is -0.966. The van der Waals surface area contributed by atoms with Gasteiger partial charge in [-0.1, -0.05) is 35.4 Å². The highest BCUT2D eigenvalue weighted by molar-refractivity contribution is 5.86. The zero-order chi connectivity index (χ0) is 25.8. The molecule has 0 fully saturated rings. The van der Waals surface area contributed by atoms with Crippen molar-refractivity contribution in [1.82, 2.24) is 10.3 Å². The number of rotatable bonds is 8. The number of fused-ring (bicyclic) bond motifs is 1. The molecule has 2 aromatic carbocycles. The number of hydrogen-bond acceptors (Lipinski definition) is 4. The van der Waals surface area contributed by atoms with Crippen LogP contribution in [0.25, 0.3) is 10.9 Å². The molecule has 0 spiro atoms. The summed E-state index contributed by atoms with van der Waals surface area (Å²) in [7, 11) is 0. The van der Waals surface area contributed by atoms with Crippen LogP contribution in [0.1, 0.15) is 69.2 Å². The maximum Gasteiger partial charge on any atom is 0.407 e. The Balaban J connectivity index is 2.06. The fourth-order valence-electron chi connectivity index (χ4n) is 4.73. The van der Waals surface area contributed by atoms with Gasteiger partial charge in [0.25, 0.3) is 0 Å². The maximum absolute atomic E-state index is 13.7. The fourth-order valence-corrected chi connectivity index (χ4v) is 4.73. The highest BCUT2D eigenvalue weighted by Crippen LogP contribution is 2.43. The third kappa shape index (κ3) is 6.24. The van der Waals surface area contributed by atoms with Crippen LogP contribution in [0, 0.1) is 13.8 Å². The van der Waals surface area contributed by atoms with Gasteiger partial charge < -0.3 is 19.8 Å². The number of aromatic nitrogens is 1. The van der Waals surface area contributed by atoms with Crippen molar-refractivity contribution in [2.24, 2.45) is 0 Å². The predicted octanol–water partition coefficient (Wildman–Crippen LogP) is 6.30. The largest absolute Gasteiger partial charge is 0.465 e. The normalized spacial score (nSPS) is 14.3. The van der Waals surface area contributed by atoms with E-state index < -0.39 is 17.1 Å². The van der Waals surface area contributed by atoms with Crippen LogP contribution in [0.3, 0.4) is 0 Å². The van der Waals surface area contributed by atoms with Gasteiger partial charge in [-0.15, -0.1) is 0 Å². The first-order valence-corrected chi connectivity index (χ1v) is 12.2. The van der Waals surface area contributed by atoms with E-state index >= 15 is 0 Å². The van der Waals surface area contributed by atoms with Crippen LogP contribution in [0.15, 0.2) is 48.7 Å². The van der Waals surface area contributed by atoms with Crippen LogP contribution < -0.4 is 5.32 Å². The maximum atomic E-state index is 13.7. The van der Waals surface area contributed by atoms with Crippen molar-refractivity contribution in [2.45, 2.75) is 71.8 Å². The van der Waals surface area contributed by atoms with E-state index in [0.717, 1.165) is 33.2 Å². The summed E-state index contributed by atoms with van der Waals surface area (Å²) in [6, 6.07) is 14.4. The molecule has 0 radical (unpaired) electrons. The molecule has 188 valence electrons. The topological polar surface area (TPSA) is 80.4 Å². The Morgan fingerprint density at radius 2 is 1.69 bits per heavy atom. The zero-order valence-corrected chi connectivity index (χ0v) is 22.0. The third-order valence-corrected chi connectivity index (χ3v) is 6.30. The Bertz CT molecular complexity index is 1170. The van der Waals surface area contributed by atoms with Gasteiger partial charge in [0.1, 0.15) is 5.60 Å². The van der Waals surface area contributed by atoms with E-state index in [1.807, 2.05) is 66.8 Å². The molecular formula is C29H38N2O4. The van der Waals surface area contributed by atoms with Crippen molar-refractivity contribution in [3.05, 3.63) is 70.9 Å². The Labute approximate surface area is 208 Å². The lowest BCUT2D eigenvalue weighted by Gasteiger charge is -2.37. The number of hydrogen-bond donors (Lipinski definition) is 2. The first-order chi connectivity index (χ1) is 16.4. The van der Waals surface area contributed by atoms with E-state index in [2.05, 4.69) is 40.6 Å². The van der Waals surface area contributed by atoms with Crippen LogP contribution >= 0.6 is 0 Å². The standard InChI is InChI=1S/C29H38N2O4/c1-8-34-26(32)29(7,23-16-19(2)15-20(3)17-23)24(12-14-31-27(33)35-28(4,5)6)21-9-10-25-22(18-21)11-13-30-25/h9-11,13,15-18,24,30H,8,12,14H2,1-7H3,(H,31,33). The molecule has 2 N–H and O–H groups in total. The summed E-state index contributed by atoms with van der Waals surface area (Å²) < 4.78 is 11.1. The van der Waals surface area contributed by atoms with Crippen molar-refractivity contribution >= 4 is 23.0 Å². The Morgan fingerprint density at radius 1 is 1.00 bits per heavy atom. The molecule has 2 atom stereocenters. The summed E-state index contributed by atoms with van der Waals surface area (Å²) in [5, 5.41) is 3.94. The van der Waals surface area contributed by atoms with Crippen molar-refractivity contribution in [2.75, 3.05) is 13.2 Å². The van der Waals surface area contributed by atoms with Crippen LogP contribution in [0.2, 0.25) is 0 Å². The molecule has 0 saturated carbocycles. The van der Waals surface area contributed by atoms with Gasteiger partial charge in [0.15, 0.2) is 0 Å². The predicted molar refractivity (Wildman–Crippen MR) is 140 cm³/mol. The number of alkyl carbamates (subject to hydrolysis) is 1. The Morgan fingerprint density at radius 3 is 2.31 bits per heavy atom. The molecule has 1 amide bonds. The smallest absolute Gasteiger partial charge is 0.407 e. The average Bonchev–Trinajstić information content (AvgIpc) is 3.22. The molecule has 0 aliphatic heterocycles. The summed E-state index contributed by atoms with van der Waals surface area (Å²) in [5.74, 6) is -0.529. The second-order valence-corrected chi connectivity index (χ2v) is 10.4. The summed E-state index contributed by atoms with van der Waals surface area (Å²) in [4.78, 5) is 29.2. The molecular weight excluding hydrogens is 440 g/mol. The number of ether oxygens (including phenoxy) is 2. The van der Waals surface area contributed by atoms with Crippen LogP contribution in [0.5, 0.6) is 0 Å². The molecule has 1 aromatic heterocycles. The highest BCUT2D eigenvalue weighted by Gasteiger charge is 2.45. The number of esters is 1. The minimum absolute atomic E-state index is 0.253. The van der Waals surface area contributed by atoms with E-state index in [4.69, 9.17) is 9.47 Å². The number of benzene rings is 2. The van der Waals surface area contributed by atoms with E-state index in [0.29, 0.717) is 19.6 Å². The molecule has 2 unspecified atom stereocenters. The fraction of sp³-hybridized carbons (Fsp3) is 0.448. The van der Waals surface area contributed by atoms with Gasteiger partial charge in [-0.05, 0) is 89.6 Å². The van der Waals surface area contributed by atoms with E-state index in [9.17, 15) is 9.59 Å². The summed E-state index contributed by atoms with van der Waals surface area (Å²) >= 11 is 0. The number of aromatic amines is 1. The third-order valence-electron chi connectivity index (χ3n) is 6.30. The molecule has 3 rings (SSSR count). The molecule has 6 heteroatoms. The second-order valence-electron chi connectivity index (χ2n) is 10.4. The number of H-pyrrole nitrogens is 1. The molecule has 0 aliphatic carbocycles. The van der Waals surface area contributed by atoms with Crippen molar-refractivity contribution < 1.29 is 19.1 Å². The Kier molecular flexibility index (Phi) is 7.93. The number of carbonyl (C=O) groups excluding carboxylic acids is 2. The Hall–Kier alpha value is -3.28. The van der Waals surface area contributed by atoms with Crippen molar-refractivity contribution in [3.8, 4) is 0 Å². The lowest BCUT2D eigenvalue weighted by atomic mass is 9.67. The van der Waals surface area contributed by atoms with Gasteiger partial charge in [-0.25, -0.2) is 4.79 Å². The summed E-state index contributed by atoms with van der Waals surface area (Å²) in [6.45, 7) is 14.0. The van der Waals surface area contributed by atoms with Gasteiger partial charge in [-0.2, -0.15) is 0 Å². The van der Waals surface area contributed by atoms with Gasteiger partial charge in [-0.3, -0.25) is 4.79 Å². The molecule has 0 bridgehead atoms. The molecule has 0 aliphatic rings. The lowest BCUT2D eigenvalue weighted by molar-refractivity contribution is -0.150. The SMILES string of the molecule is CCOC(=O)C(C)(c1cc(C)cc(C)c1)C(CCNC(=O)OC(C)(C)C)c1ccc2[nH]ccc2c1. The highest BCUT2D eigenvalue weighted by atomic mass is 16.6. The van der Waals surface area contributed by atoms with Gasteiger partial charge in [0, 0.05) is 24.2 Å². The summed E-state index contributed by atoms with van der Waals surface area (Å²) in [5.41, 5.74) is 3.57. The summed E-state index contributed by atoms with van der Waals surface area (Å²) in [6.07, 6.45) is 1.96. The first-order valence-electron chi connectivity index (χ1n) is 12.2. The average molecular weight is 479 g/mol. The van der Waals surface area contributed by atoms with Crippen molar-refractivity contribution in [3.63, 3.8) is 0 Å². The molecule has 0 saturated heterocycles. The lowest BCUT2D eigenvalue weighted by Crippen LogP contribution is -2.42. The molecule has 1 heterocycles. The minimum Gasteiger partial charge on any atom is -0.465 e. The van der Waals surface area contributed by atoms with E-state index in [-0.39, 0.29) is 11.9 Å². The number of aryl methyl sites for hydroxylation is 2. The number of nitrogens with one attached hydrogen (secondary N) is 2. The van der Waals surface area contributed by atoms with Gasteiger partial charge >= 0.3 is 12.1 Å². The van der Waals surface area contributed by atoms with E-state index in [1.165, 1.54) is 0 Å². The molecule has 3 aromatic rings. The molecule has 35 heavy (non-hydrogen) atoms. The quantitative estimate of drug-likeness (QED) is 0.372. The first kappa shape index (κ1) is 26.3. The number of amides is 1. The number of carbonyl (C=O) groups is 2. The van der Waals surface area contributed by atoms with Crippen LogP contribution in [-0.2, 0) is 19.7 Å². The van der Waals surface area contributed by atoms with Gasteiger partial charge in [0.2, 0.25) is 0 Å². The molecule has 6 nitrogen and oxygen atoms in total. The second kappa shape index (κ2) is 10.5. The van der Waals surface area contributed by atoms with E-state index in [1.54, 1.807) is 0 Å². The monoisotopic (exact) mass is 478 g/mol. The zero-order valence-electron chi connectivity index (χ0n) is 22.0. The van der Waals surface area contributed by atoms with Gasteiger partial charge in [0.05, 0.1) is 12.0 Å².